The van der Waals surface area contributed by atoms with Crippen LogP contribution in [0.5, 0.6) is 0 Å². The highest BCUT2D eigenvalue weighted by Crippen LogP contribution is 2.44. The highest BCUT2D eigenvalue weighted by molar-refractivity contribution is 6.18. The molecule has 5 nitrogen and oxygen atoms in total. The molecule has 56 heavy (non-hydrogen) atoms. The van der Waals surface area contributed by atoms with Crippen molar-refractivity contribution in [1.82, 2.24) is 19.5 Å². The predicted molar refractivity (Wildman–Crippen MR) is 229 cm³/mol. The average molecular weight is 717 g/mol. The van der Waals surface area contributed by atoms with Gasteiger partial charge in [0.05, 0.1) is 11.0 Å². The van der Waals surface area contributed by atoms with Gasteiger partial charge < -0.3 is 4.42 Å². The van der Waals surface area contributed by atoms with Crippen molar-refractivity contribution in [3.8, 4) is 62.1 Å². The summed E-state index contributed by atoms with van der Waals surface area (Å²) in [6, 6.07) is 67.4. The molecule has 0 aliphatic rings. The first-order chi connectivity index (χ1) is 27.8. The third kappa shape index (κ3) is 5.29. The summed E-state index contributed by atoms with van der Waals surface area (Å²) in [5.74, 6) is 1.82. The SMILES string of the molecule is c1ccc(-c2ccc3c(c2)oc2c(-c4ccccc4)ccc(-c4ccc5c(c4)c4ccccc4n5-c4nc(-c5ccccc5)nc(-c5ccccc5)n4)c23)cc1. The lowest BCUT2D eigenvalue weighted by Crippen LogP contribution is -2.06. The maximum absolute atomic E-state index is 6.85. The Morgan fingerprint density at radius 2 is 0.911 bits per heavy atom. The van der Waals surface area contributed by atoms with Gasteiger partial charge in [0.25, 0.3) is 0 Å². The van der Waals surface area contributed by atoms with Gasteiger partial charge in [-0.05, 0) is 64.2 Å². The van der Waals surface area contributed by atoms with Gasteiger partial charge in [-0.3, -0.25) is 4.57 Å². The van der Waals surface area contributed by atoms with E-state index in [1.54, 1.807) is 0 Å². The molecule has 0 radical (unpaired) electrons. The van der Waals surface area contributed by atoms with Gasteiger partial charge in [0.2, 0.25) is 5.95 Å². The van der Waals surface area contributed by atoms with E-state index in [1.807, 2.05) is 72.8 Å². The summed E-state index contributed by atoms with van der Waals surface area (Å²) in [7, 11) is 0. The van der Waals surface area contributed by atoms with Crippen molar-refractivity contribution in [3.63, 3.8) is 0 Å². The van der Waals surface area contributed by atoms with Gasteiger partial charge in [-0.25, -0.2) is 4.98 Å². The Kier molecular flexibility index (Phi) is 7.42. The highest BCUT2D eigenvalue weighted by Gasteiger charge is 2.21. The maximum Gasteiger partial charge on any atom is 0.238 e. The molecule has 0 saturated heterocycles. The number of para-hydroxylation sites is 1. The van der Waals surface area contributed by atoms with Gasteiger partial charge in [-0.15, -0.1) is 0 Å². The quantitative estimate of drug-likeness (QED) is 0.172. The zero-order valence-corrected chi connectivity index (χ0v) is 30.2. The third-order valence-corrected chi connectivity index (χ3v) is 10.7. The van der Waals surface area contributed by atoms with Crippen LogP contribution in [0, 0.1) is 0 Å². The molecular formula is C51H32N4O. The van der Waals surface area contributed by atoms with Crippen molar-refractivity contribution in [2.24, 2.45) is 0 Å². The number of hydrogen-bond acceptors (Lipinski definition) is 4. The Morgan fingerprint density at radius 1 is 0.357 bits per heavy atom. The average Bonchev–Trinajstić information content (AvgIpc) is 3.83. The maximum atomic E-state index is 6.85. The molecule has 0 unspecified atom stereocenters. The Bertz CT molecular complexity index is 3170. The van der Waals surface area contributed by atoms with Crippen LogP contribution >= 0.6 is 0 Å². The Balaban J connectivity index is 1.14. The molecule has 0 amide bonds. The number of nitrogens with zero attached hydrogens (tertiary/aromatic N) is 4. The van der Waals surface area contributed by atoms with Crippen LogP contribution in [0.3, 0.4) is 0 Å². The minimum atomic E-state index is 0.571. The normalized spacial score (nSPS) is 11.6. The topological polar surface area (TPSA) is 56.7 Å². The molecule has 262 valence electrons. The molecule has 0 N–H and O–H groups in total. The molecule has 0 saturated carbocycles. The summed E-state index contributed by atoms with van der Waals surface area (Å²) in [6.07, 6.45) is 0. The first kappa shape index (κ1) is 31.9. The first-order valence-electron chi connectivity index (χ1n) is 18.8. The molecule has 11 aromatic rings. The van der Waals surface area contributed by atoms with Crippen molar-refractivity contribution >= 4 is 43.7 Å². The van der Waals surface area contributed by atoms with Gasteiger partial charge in [0.1, 0.15) is 11.2 Å². The van der Waals surface area contributed by atoms with E-state index in [-0.39, 0.29) is 0 Å². The van der Waals surface area contributed by atoms with Crippen LogP contribution in [0.1, 0.15) is 0 Å². The molecule has 8 aromatic carbocycles. The van der Waals surface area contributed by atoms with E-state index in [4.69, 9.17) is 19.4 Å². The number of rotatable bonds is 6. The summed E-state index contributed by atoms with van der Waals surface area (Å²) >= 11 is 0. The van der Waals surface area contributed by atoms with Gasteiger partial charge in [-0.1, -0.05) is 158 Å². The van der Waals surface area contributed by atoms with E-state index in [0.717, 1.165) is 88.3 Å². The number of fused-ring (bicyclic) bond motifs is 6. The highest BCUT2D eigenvalue weighted by atomic mass is 16.3. The second kappa shape index (κ2) is 13.0. The lowest BCUT2D eigenvalue weighted by molar-refractivity contribution is 0.670. The first-order valence-corrected chi connectivity index (χ1v) is 18.8. The van der Waals surface area contributed by atoms with E-state index >= 15 is 0 Å². The Hall–Kier alpha value is -7.63. The van der Waals surface area contributed by atoms with Crippen molar-refractivity contribution in [2.75, 3.05) is 0 Å². The molecule has 0 aliphatic carbocycles. The van der Waals surface area contributed by atoms with Crippen molar-refractivity contribution in [2.45, 2.75) is 0 Å². The fourth-order valence-electron chi connectivity index (χ4n) is 8.03. The van der Waals surface area contributed by atoms with E-state index < -0.39 is 0 Å². The molecule has 3 heterocycles. The molecule has 3 aromatic heterocycles. The third-order valence-electron chi connectivity index (χ3n) is 10.7. The standard InChI is InChI=1S/C51H32N4O/c1-5-15-33(16-6-1)37-25-27-42-46(32-37)56-48-40(34-17-7-2-8-18-34)29-28-39(47(42)48)38-26-30-45-43(31-38)41-23-13-14-24-44(41)55(45)51-53-49(35-19-9-3-10-20-35)52-50(54-51)36-21-11-4-12-22-36/h1-32H. The molecule has 5 heteroatoms. The summed E-state index contributed by atoms with van der Waals surface area (Å²) in [4.78, 5) is 15.2. The number of hydrogen-bond donors (Lipinski definition) is 0. The molecule has 0 spiro atoms. The van der Waals surface area contributed by atoms with Gasteiger partial charge >= 0.3 is 0 Å². The number of furan rings is 1. The zero-order chi connectivity index (χ0) is 37.0. The molecule has 0 bridgehead atoms. The van der Waals surface area contributed by atoms with Crippen LogP contribution in [-0.2, 0) is 0 Å². The summed E-state index contributed by atoms with van der Waals surface area (Å²) in [5.41, 5.74) is 12.3. The Labute approximate surface area is 322 Å². The van der Waals surface area contributed by atoms with Crippen LogP contribution in [-0.4, -0.2) is 19.5 Å². The van der Waals surface area contributed by atoms with E-state index in [1.165, 1.54) is 0 Å². The number of aromatic nitrogens is 4. The van der Waals surface area contributed by atoms with E-state index in [9.17, 15) is 0 Å². The summed E-state index contributed by atoms with van der Waals surface area (Å²) in [5, 5.41) is 4.41. The molecule has 0 fully saturated rings. The van der Waals surface area contributed by atoms with E-state index in [0.29, 0.717) is 17.6 Å². The van der Waals surface area contributed by atoms with Crippen molar-refractivity contribution in [1.29, 1.82) is 0 Å². The second-order valence-electron chi connectivity index (χ2n) is 14.0. The van der Waals surface area contributed by atoms with Crippen LogP contribution in [0.2, 0.25) is 0 Å². The monoisotopic (exact) mass is 716 g/mol. The van der Waals surface area contributed by atoms with Crippen LogP contribution in [0.25, 0.3) is 106 Å². The molecule has 11 rings (SSSR count). The lowest BCUT2D eigenvalue weighted by atomic mass is 9.93. The van der Waals surface area contributed by atoms with Crippen LogP contribution in [0.15, 0.2) is 199 Å². The van der Waals surface area contributed by atoms with Crippen molar-refractivity contribution in [3.05, 3.63) is 194 Å². The van der Waals surface area contributed by atoms with Crippen LogP contribution in [0.4, 0.5) is 0 Å². The van der Waals surface area contributed by atoms with Crippen molar-refractivity contribution < 1.29 is 4.42 Å². The van der Waals surface area contributed by atoms with Gasteiger partial charge in [0, 0.05) is 38.2 Å². The predicted octanol–water partition coefficient (Wildman–Crippen LogP) is 13.2. The summed E-state index contributed by atoms with van der Waals surface area (Å²) in [6.45, 7) is 0. The summed E-state index contributed by atoms with van der Waals surface area (Å²) < 4.78 is 9.02. The fourth-order valence-corrected chi connectivity index (χ4v) is 8.03. The number of benzene rings is 8. The van der Waals surface area contributed by atoms with E-state index in [2.05, 4.69) is 126 Å². The van der Waals surface area contributed by atoms with Crippen LogP contribution < -0.4 is 0 Å². The van der Waals surface area contributed by atoms with Gasteiger partial charge in [0.15, 0.2) is 11.6 Å². The lowest BCUT2D eigenvalue weighted by Gasteiger charge is -2.11. The molecule has 0 aliphatic heterocycles. The minimum Gasteiger partial charge on any atom is -0.455 e. The Morgan fingerprint density at radius 3 is 1.59 bits per heavy atom. The second-order valence-corrected chi connectivity index (χ2v) is 14.0. The zero-order valence-electron chi connectivity index (χ0n) is 30.2. The molecule has 0 atom stereocenters. The molecular weight excluding hydrogens is 685 g/mol. The largest absolute Gasteiger partial charge is 0.455 e. The smallest absolute Gasteiger partial charge is 0.238 e. The fraction of sp³-hybridized carbons (Fsp3) is 0. The minimum absolute atomic E-state index is 0.571. The van der Waals surface area contributed by atoms with Gasteiger partial charge in [-0.2, -0.15) is 9.97 Å².